The van der Waals surface area contributed by atoms with Gasteiger partial charge >= 0.3 is 23.9 Å². The molecule has 206 valence electrons. The van der Waals surface area contributed by atoms with E-state index in [-0.39, 0.29) is 13.2 Å². The van der Waals surface area contributed by atoms with Gasteiger partial charge in [-0.15, -0.1) is 0 Å². The number of methoxy groups -OCH3 is 1. The normalized spacial score (nSPS) is 36.4. The van der Waals surface area contributed by atoms with Crippen LogP contribution in [0.4, 0.5) is 0 Å². The van der Waals surface area contributed by atoms with Crippen molar-refractivity contribution in [2.24, 2.45) is 5.92 Å². The van der Waals surface area contributed by atoms with E-state index in [1.165, 1.54) is 21.0 Å². The summed E-state index contributed by atoms with van der Waals surface area (Å²) in [6.45, 7) is 5.61. The molecule has 10 atom stereocenters. The van der Waals surface area contributed by atoms with Gasteiger partial charge in [0.1, 0.15) is 43.7 Å². The van der Waals surface area contributed by atoms with Crippen molar-refractivity contribution in [1.82, 2.24) is 0 Å². The maximum atomic E-state index is 11.7. The van der Waals surface area contributed by atoms with E-state index < -0.39 is 85.1 Å². The summed E-state index contributed by atoms with van der Waals surface area (Å²) < 4.78 is 43.2. The maximum Gasteiger partial charge on any atom is 0.303 e. The molecule has 0 spiro atoms. The molecule has 2 aliphatic heterocycles. The summed E-state index contributed by atoms with van der Waals surface area (Å²) in [5.74, 6) is -3.34. The highest BCUT2D eigenvalue weighted by molar-refractivity contribution is 5.67. The van der Waals surface area contributed by atoms with Crippen molar-refractivity contribution in [3.8, 4) is 0 Å². The van der Waals surface area contributed by atoms with E-state index in [0.29, 0.717) is 0 Å². The highest BCUT2D eigenvalue weighted by Gasteiger charge is 2.53. The van der Waals surface area contributed by atoms with Crippen molar-refractivity contribution >= 4 is 23.9 Å². The van der Waals surface area contributed by atoms with Crippen LogP contribution in [-0.2, 0) is 57.1 Å². The second-order valence-corrected chi connectivity index (χ2v) is 8.52. The Kier molecular flexibility index (Phi) is 11.0. The molecule has 0 bridgehead atoms. The Labute approximate surface area is 208 Å². The lowest BCUT2D eigenvalue weighted by atomic mass is 9.90. The van der Waals surface area contributed by atoms with E-state index in [1.54, 1.807) is 6.92 Å². The molecule has 0 aromatic carbocycles. The molecule has 14 heteroatoms. The largest absolute Gasteiger partial charge is 0.463 e. The fourth-order valence-corrected chi connectivity index (χ4v) is 3.93. The third-order valence-electron chi connectivity index (χ3n) is 5.69. The maximum absolute atomic E-state index is 11.7. The predicted octanol–water partition coefficient (Wildman–Crippen LogP) is -1.18. The van der Waals surface area contributed by atoms with Crippen LogP contribution in [0.1, 0.15) is 34.6 Å². The first-order chi connectivity index (χ1) is 16.8. The molecule has 0 radical (unpaired) electrons. The van der Waals surface area contributed by atoms with Gasteiger partial charge in [-0.05, 0) is 0 Å². The van der Waals surface area contributed by atoms with Gasteiger partial charge in [-0.3, -0.25) is 19.2 Å². The van der Waals surface area contributed by atoms with Gasteiger partial charge in [0.05, 0.1) is 0 Å². The second-order valence-electron chi connectivity index (χ2n) is 8.52. The molecule has 2 aliphatic rings. The van der Waals surface area contributed by atoms with Crippen LogP contribution in [0, 0.1) is 5.92 Å². The summed E-state index contributed by atoms with van der Waals surface area (Å²) in [5.41, 5.74) is 0. The number of rotatable bonds is 9. The lowest BCUT2D eigenvalue weighted by molar-refractivity contribution is -0.354. The zero-order valence-electron chi connectivity index (χ0n) is 21.0. The van der Waals surface area contributed by atoms with Gasteiger partial charge < -0.3 is 48.1 Å². The molecular weight excluding hydrogens is 488 g/mol. The Morgan fingerprint density at radius 1 is 0.694 bits per heavy atom. The minimum atomic E-state index is -1.59. The number of aliphatic hydroxyl groups is 2. The third kappa shape index (κ3) is 7.82. The Bertz CT molecular complexity index is 783. The van der Waals surface area contributed by atoms with Gasteiger partial charge in [-0.2, -0.15) is 0 Å². The molecule has 36 heavy (non-hydrogen) atoms. The summed E-state index contributed by atoms with van der Waals surface area (Å²) in [7, 11) is 1.26. The zero-order chi connectivity index (χ0) is 27.2. The molecule has 2 fully saturated rings. The zero-order valence-corrected chi connectivity index (χ0v) is 21.0. The molecule has 2 heterocycles. The van der Waals surface area contributed by atoms with E-state index in [0.717, 1.165) is 13.8 Å². The van der Waals surface area contributed by atoms with Crippen LogP contribution < -0.4 is 0 Å². The lowest BCUT2D eigenvalue weighted by Crippen LogP contribution is -2.64. The van der Waals surface area contributed by atoms with Gasteiger partial charge in [-0.1, -0.05) is 6.92 Å². The molecule has 0 amide bonds. The highest BCUT2D eigenvalue weighted by Crippen LogP contribution is 2.33. The Morgan fingerprint density at radius 2 is 1.17 bits per heavy atom. The SMILES string of the molecule is CO[C@H]1OC(COC(C)=O)[C@H](O[C@@H]2OC(COC(C)=O)[C@@H](C)[C@H](O)C2OC(C)=O)[C@@H](O)C1OC(C)=O. The summed E-state index contributed by atoms with van der Waals surface area (Å²) in [4.78, 5) is 46.1. The molecular formula is C22H34O14. The molecule has 4 unspecified atom stereocenters. The van der Waals surface area contributed by atoms with Crippen LogP contribution in [-0.4, -0.2) is 110 Å². The van der Waals surface area contributed by atoms with E-state index in [2.05, 4.69) is 0 Å². The number of hydrogen-bond acceptors (Lipinski definition) is 14. The van der Waals surface area contributed by atoms with Gasteiger partial charge in [0.2, 0.25) is 0 Å². The smallest absolute Gasteiger partial charge is 0.303 e. The monoisotopic (exact) mass is 522 g/mol. The Hall–Kier alpha value is -2.36. The van der Waals surface area contributed by atoms with E-state index in [9.17, 15) is 29.4 Å². The van der Waals surface area contributed by atoms with E-state index >= 15 is 0 Å². The van der Waals surface area contributed by atoms with Crippen LogP contribution in [0.5, 0.6) is 0 Å². The molecule has 2 rings (SSSR count). The van der Waals surface area contributed by atoms with Crippen molar-refractivity contribution in [3.63, 3.8) is 0 Å². The number of ether oxygens (including phenoxy) is 8. The van der Waals surface area contributed by atoms with Gasteiger partial charge in [0, 0.05) is 40.7 Å². The predicted molar refractivity (Wildman–Crippen MR) is 115 cm³/mol. The van der Waals surface area contributed by atoms with Crippen molar-refractivity contribution < 1.29 is 67.3 Å². The fourth-order valence-electron chi connectivity index (χ4n) is 3.93. The quantitative estimate of drug-likeness (QED) is 0.272. The van der Waals surface area contributed by atoms with Crippen molar-refractivity contribution in [2.45, 2.75) is 89.9 Å². The molecule has 2 N–H and O–H groups in total. The molecule has 2 saturated heterocycles. The summed E-state index contributed by atoms with van der Waals surface area (Å²) in [5, 5.41) is 21.9. The molecule has 14 nitrogen and oxygen atoms in total. The number of aliphatic hydroxyl groups excluding tert-OH is 2. The van der Waals surface area contributed by atoms with Crippen LogP contribution in [0.2, 0.25) is 0 Å². The minimum absolute atomic E-state index is 0.234. The standard InChI is InChI=1S/C22H34O14/c1-9-14(7-30-10(2)23)34-22(19(16(9)27)32-12(4)25)36-18-15(8-31-11(3)24)35-21(29-6)20(17(18)28)33-13(5)26/h9,14-22,27-28H,7-8H2,1-6H3/t9-,14?,15?,16+,17-,18+,19?,20?,21+,22+/m1/s1. The molecule has 0 aromatic heterocycles. The number of hydrogen-bond donors (Lipinski definition) is 2. The van der Waals surface area contributed by atoms with Crippen LogP contribution >= 0.6 is 0 Å². The second kappa shape index (κ2) is 13.3. The Morgan fingerprint density at radius 3 is 1.64 bits per heavy atom. The average Bonchev–Trinajstić information content (AvgIpc) is 2.78. The highest BCUT2D eigenvalue weighted by atomic mass is 16.8. The topological polar surface area (TPSA) is 183 Å². The summed E-state index contributed by atoms with van der Waals surface area (Å²) >= 11 is 0. The van der Waals surface area contributed by atoms with Crippen LogP contribution in [0.15, 0.2) is 0 Å². The molecule has 0 saturated carbocycles. The van der Waals surface area contributed by atoms with E-state index in [1.807, 2.05) is 0 Å². The first kappa shape index (κ1) is 29.9. The van der Waals surface area contributed by atoms with Crippen LogP contribution in [0.3, 0.4) is 0 Å². The van der Waals surface area contributed by atoms with Gasteiger partial charge in [0.25, 0.3) is 0 Å². The lowest BCUT2D eigenvalue weighted by Gasteiger charge is -2.47. The van der Waals surface area contributed by atoms with E-state index in [4.69, 9.17) is 37.9 Å². The third-order valence-corrected chi connectivity index (χ3v) is 5.69. The minimum Gasteiger partial charge on any atom is -0.463 e. The average molecular weight is 523 g/mol. The Balaban J connectivity index is 2.37. The first-order valence-electron chi connectivity index (χ1n) is 11.3. The fraction of sp³-hybridized carbons (Fsp3) is 0.818. The number of carbonyl (C=O) groups excluding carboxylic acids is 4. The molecule has 0 aliphatic carbocycles. The van der Waals surface area contributed by atoms with Crippen molar-refractivity contribution in [2.75, 3.05) is 20.3 Å². The summed E-state index contributed by atoms with van der Waals surface area (Å²) in [6.07, 6.45) is -11.7. The van der Waals surface area contributed by atoms with Crippen molar-refractivity contribution in [1.29, 1.82) is 0 Å². The molecule has 0 aromatic rings. The van der Waals surface area contributed by atoms with Gasteiger partial charge in [-0.25, -0.2) is 0 Å². The number of esters is 4. The van der Waals surface area contributed by atoms with Crippen molar-refractivity contribution in [3.05, 3.63) is 0 Å². The first-order valence-corrected chi connectivity index (χ1v) is 11.3. The number of carbonyl (C=O) groups is 4. The van der Waals surface area contributed by atoms with Gasteiger partial charge in [0.15, 0.2) is 24.8 Å². The van der Waals surface area contributed by atoms with Crippen LogP contribution in [0.25, 0.3) is 0 Å². The summed E-state index contributed by atoms with van der Waals surface area (Å²) in [6, 6.07) is 0.